The fourth-order valence-electron chi connectivity index (χ4n) is 2.41. The summed E-state index contributed by atoms with van der Waals surface area (Å²) in [6.07, 6.45) is 1.58. The molecule has 0 amide bonds. The number of aliphatic hydroxyl groups excluding tert-OH is 1. The van der Waals surface area contributed by atoms with Gasteiger partial charge in [0.15, 0.2) is 0 Å². The van der Waals surface area contributed by atoms with E-state index in [1.165, 1.54) is 0 Å². The normalized spacial score (nSPS) is 12.8. The Morgan fingerprint density at radius 2 is 2.09 bits per heavy atom. The van der Waals surface area contributed by atoms with E-state index in [1.54, 1.807) is 4.68 Å². The molecule has 1 heterocycles. The van der Waals surface area contributed by atoms with Crippen molar-refractivity contribution >= 4 is 11.6 Å². The highest BCUT2D eigenvalue weighted by Crippen LogP contribution is 2.28. The Kier molecular flexibility index (Phi) is 5.97. The maximum Gasteiger partial charge on any atom is 0.0982 e. The van der Waals surface area contributed by atoms with Gasteiger partial charge in [-0.1, -0.05) is 29.8 Å². The van der Waals surface area contributed by atoms with E-state index in [4.69, 9.17) is 11.6 Å². The van der Waals surface area contributed by atoms with E-state index >= 15 is 0 Å². The van der Waals surface area contributed by atoms with Crippen molar-refractivity contribution in [1.29, 1.82) is 0 Å². The molecule has 1 atom stereocenters. The number of aryl methyl sites for hydroxylation is 1. The van der Waals surface area contributed by atoms with Crippen molar-refractivity contribution in [3.05, 3.63) is 41.0 Å². The second-order valence-corrected chi connectivity index (χ2v) is 6.11. The summed E-state index contributed by atoms with van der Waals surface area (Å²) in [6, 6.07) is 7.69. The van der Waals surface area contributed by atoms with Gasteiger partial charge in [0.05, 0.1) is 16.8 Å². The molecule has 0 fully saturated rings. The molecule has 2 rings (SSSR count). The zero-order valence-electron chi connectivity index (χ0n) is 13.3. The molecule has 120 valence electrons. The lowest BCUT2D eigenvalue weighted by atomic mass is 10.1. The Hall–Kier alpha value is -1.40. The summed E-state index contributed by atoms with van der Waals surface area (Å²) in [6.45, 7) is 1.81. The molecule has 1 aromatic carbocycles. The van der Waals surface area contributed by atoms with Crippen LogP contribution in [0.4, 0.5) is 0 Å². The van der Waals surface area contributed by atoms with Gasteiger partial charge in [-0.15, -0.1) is 0 Å². The van der Waals surface area contributed by atoms with Crippen LogP contribution < -0.4 is 5.32 Å². The zero-order valence-corrected chi connectivity index (χ0v) is 14.0. The average molecular weight is 323 g/mol. The second-order valence-electron chi connectivity index (χ2n) is 5.70. The number of aliphatic hydroxyl groups is 1. The van der Waals surface area contributed by atoms with Crippen LogP contribution in [-0.4, -0.2) is 53.1 Å². The van der Waals surface area contributed by atoms with E-state index in [-0.39, 0.29) is 0 Å². The number of hydrogen-bond acceptors (Lipinski definition) is 4. The number of nitrogens with one attached hydrogen (secondary N) is 1. The topological polar surface area (TPSA) is 53.3 Å². The van der Waals surface area contributed by atoms with Gasteiger partial charge in [-0.3, -0.25) is 4.68 Å². The number of aromatic nitrogens is 2. The summed E-state index contributed by atoms with van der Waals surface area (Å²) in [4.78, 5) is 1.96. The predicted molar refractivity (Wildman–Crippen MR) is 89.9 cm³/mol. The van der Waals surface area contributed by atoms with Crippen molar-refractivity contribution in [2.24, 2.45) is 7.05 Å². The molecule has 1 aromatic heterocycles. The van der Waals surface area contributed by atoms with E-state index in [9.17, 15) is 5.11 Å². The van der Waals surface area contributed by atoms with Crippen molar-refractivity contribution in [3.63, 3.8) is 0 Å². The summed E-state index contributed by atoms with van der Waals surface area (Å²) in [5, 5.41) is 18.4. The molecule has 2 aromatic rings. The highest BCUT2D eigenvalue weighted by molar-refractivity contribution is 6.33. The van der Waals surface area contributed by atoms with Crippen LogP contribution in [0, 0.1) is 0 Å². The molecule has 0 saturated carbocycles. The summed E-state index contributed by atoms with van der Waals surface area (Å²) in [5.41, 5.74) is 2.87. The molecule has 1 unspecified atom stereocenters. The van der Waals surface area contributed by atoms with Gasteiger partial charge in [0, 0.05) is 44.0 Å². The molecular weight excluding hydrogens is 300 g/mol. The fourth-order valence-corrected chi connectivity index (χ4v) is 2.63. The van der Waals surface area contributed by atoms with Crippen LogP contribution in [0.3, 0.4) is 0 Å². The average Bonchev–Trinajstić information content (AvgIpc) is 2.79. The van der Waals surface area contributed by atoms with Crippen molar-refractivity contribution in [1.82, 2.24) is 20.0 Å². The molecule has 0 radical (unpaired) electrons. The molecule has 2 N–H and O–H groups in total. The quantitative estimate of drug-likeness (QED) is 0.815. The number of benzene rings is 1. The molecule has 6 heteroatoms. The minimum atomic E-state index is -0.393. The highest BCUT2D eigenvalue weighted by Gasteiger charge is 2.13. The first kappa shape index (κ1) is 17.0. The van der Waals surface area contributed by atoms with Gasteiger partial charge < -0.3 is 15.3 Å². The standard InChI is InChI=1S/C16H23ClN4O/c1-20(2)11-13(22)9-18-8-12-10-21(3)19-16(12)14-6-4-5-7-15(14)17/h4-7,10,13,18,22H,8-9,11H2,1-3H3. The van der Waals surface area contributed by atoms with Crippen molar-refractivity contribution in [3.8, 4) is 11.3 Å². The van der Waals surface area contributed by atoms with Gasteiger partial charge in [0.25, 0.3) is 0 Å². The Balaban J connectivity index is 2.05. The van der Waals surface area contributed by atoms with Gasteiger partial charge >= 0.3 is 0 Å². The van der Waals surface area contributed by atoms with Crippen molar-refractivity contribution < 1.29 is 5.11 Å². The summed E-state index contributed by atoms with van der Waals surface area (Å²) in [5.74, 6) is 0. The van der Waals surface area contributed by atoms with Crippen LogP contribution in [0.5, 0.6) is 0 Å². The van der Waals surface area contributed by atoms with Gasteiger partial charge in [-0.2, -0.15) is 5.10 Å². The van der Waals surface area contributed by atoms with E-state index in [1.807, 2.05) is 56.5 Å². The first-order valence-corrected chi connectivity index (χ1v) is 7.66. The van der Waals surface area contributed by atoms with Crippen molar-refractivity contribution in [2.45, 2.75) is 12.6 Å². The van der Waals surface area contributed by atoms with Gasteiger partial charge in [-0.05, 0) is 20.2 Å². The third-order valence-corrected chi connectivity index (χ3v) is 3.63. The Bertz CT molecular complexity index is 612. The largest absolute Gasteiger partial charge is 0.390 e. The van der Waals surface area contributed by atoms with Crippen LogP contribution in [0.2, 0.25) is 5.02 Å². The molecule has 0 bridgehead atoms. The first-order chi connectivity index (χ1) is 10.5. The lowest BCUT2D eigenvalue weighted by molar-refractivity contribution is 0.134. The van der Waals surface area contributed by atoms with Gasteiger partial charge in [-0.25, -0.2) is 0 Å². The van der Waals surface area contributed by atoms with Crippen molar-refractivity contribution in [2.75, 3.05) is 27.2 Å². The van der Waals surface area contributed by atoms with Crippen LogP contribution in [0.15, 0.2) is 30.5 Å². The Labute approximate surface area is 136 Å². The molecule has 0 aliphatic heterocycles. The minimum absolute atomic E-state index is 0.393. The number of rotatable bonds is 7. The third-order valence-electron chi connectivity index (χ3n) is 3.30. The molecule has 0 aliphatic rings. The minimum Gasteiger partial charge on any atom is -0.390 e. The fraction of sp³-hybridized carbons (Fsp3) is 0.438. The summed E-state index contributed by atoms with van der Waals surface area (Å²) >= 11 is 6.27. The molecule has 22 heavy (non-hydrogen) atoms. The van der Waals surface area contributed by atoms with Crippen LogP contribution >= 0.6 is 11.6 Å². The maximum absolute atomic E-state index is 9.89. The van der Waals surface area contributed by atoms with E-state index < -0.39 is 6.10 Å². The Morgan fingerprint density at radius 1 is 1.36 bits per heavy atom. The molecule has 0 saturated heterocycles. The summed E-state index contributed by atoms with van der Waals surface area (Å²) in [7, 11) is 5.78. The number of likely N-dealkylation sites (N-methyl/N-ethyl adjacent to an activating group) is 1. The smallest absolute Gasteiger partial charge is 0.0982 e. The zero-order chi connectivity index (χ0) is 16.1. The summed E-state index contributed by atoms with van der Waals surface area (Å²) < 4.78 is 1.78. The van der Waals surface area contributed by atoms with E-state index in [0.29, 0.717) is 24.7 Å². The highest BCUT2D eigenvalue weighted by atomic mass is 35.5. The molecule has 0 spiro atoms. The first-order valence-electron chi connectivity index (χ1n) is 7.28. The van der Waals surface area contributed by atoms with E-state index in [0.717, 1.165) is 16.8 Å². The van der Waals surface area contributed by atoms with Gasteiger partial charge in [0.2, 0.25) is 0 Å². The van der Waals surface area contributed by atoms with E-state index in [2.05, 4.69) is 10.4 Å². The lowest BCUT2D eigenvalue weighted by Gasteiger charge is -2.16. The van der Waals surface area contributed by atoms with Crippen LogP contribution in [0.25, 0.3) is 11.3 Å². The van der Waals surface area contributed by atoms with Crippen LogP contribution in [0.1, 0.15) is 5.56 Å². The molecule has 0 aliphatic carbocycles. The Morgan fingerprint density at radius 3 is 2.77 bits per heavy atom. The third kappa shape index (κ3) is 4.55. The number of halogens is 1. The predicted octanol–water partition coefficient (Wildman–Crippen LogP) is 1.75. The van der Waals surface area contributed by atoms with Gasteiger partial charge in [0.1, 0.15) is 0 Å². The van der Waals surface area contributed by atoms with Crippen LogP contribution in [-0.2, 0) is 13.6 Å². The molecular formula is C16H23ClN4O. The SMILES string of the molecule is CN(C)CC(O)CNCc1cn(C)nc1-c1ccccc1Cl. The number of nitrogens with zero attached hydrogens (tertiary/aromatic N) is 3. The lowest BCUT2D eigenvalue weighted by Crippen LogP contribution is -2.34. The monoisotopic (exact) mass is 322 g/mol. The second kappa shape index (κ2) is 7.74. The maximum atomic E-state index is 9.89. The number of hydrogen-bond donors (Lipinski definition) is 2. The molecule has 5 nitrogen and oxygen atoms in total.